The summed E-state index contributed by atoms with van der Waals surface area (Å²) >= 11 is 5.77. The minimum Gasteiger partial charge on any atom is -0.372 e. The number of hydrogen-bond acceptors (Lipinski definition) is 3. The SMILES string of the molecule is O=C(NCCc1cc(F)cc(Cl)c1)C1(O)CCN(c2ccc(C(F)(F)F)cc2)C1=O. The maximum atomic E-state index is 13.3. The van der Waals surface area contributed by atoms with Gasteiger partial charge in [0.25, 0.3) is 11.8 Å². The number of carbonyl (C=O) groups excluding carboxylic acids is 2. The summed E-state index contributed by atoms with van der Waals surface area (Å²) in [5, 5.41) is 13.2. The number of nitrogens with zero attached hydrogens (tertiary/aromatic N) is 1. The van der Waals surface area contributed by atoms with Crippen LogP contribution in [0.15, 0.2) is 42.5 Å². The molecule has 30 heavy (non-hydrogen) atoms. The van der Waals surface area contributed by atoms with Crippen molar-refractivity contribution in [3.8, 4) is 0 Å². The molecule has 2 aromatic carbocycles. The number of benzene rings is 2. The van der Waals surface area contributed by atoms with Crippen molar-refractivity contribution < 1.29 is 32.3 Å². The topological polar surface area (TPSA) is 69.6 Å². The van der Waals surface area contributed by atoms with Crippen LogP contribution in [0.25, 0.3) is 0 Å². The maximum Gasteiger partial charge on any atom is 0.416 e. The van der Waals surface area contributed by atoms with Gasteiger partial charge in [0.15, 0.2) is 0 Å². The molecule has 0 aromatic heterocycles. The number of rotatable bonds is 5. The van der Waals surface area contributed by atoms with E-state index in [4.69, 9.17) is 11.6 Å². The quantitative estimate of drug-likeness (QED) is 0.549. The van der Waals surface area contributed by atoms with Gasteiger partial charge in [-0.05, 0) is 54.4 Å². The maximum absolute atomic E-state index is 13.3. The molecule has 10 heteroatoms. The number of halogens is 5. The highest BCUT2D eigenvalue weighted by Crippen LogP contribution is 2.33. The van der Waals surface area contributed by atoms with Crippen LogP contribution in [-0.4, -0.2) is 35.6 Å². The van der Waals surface area contributed by atoms with Gasteiger partial charge in [-0.1, -0.05) is 11.6 Å². The fourth-order valence-electron chi connectivity index (χ4n) is 3.21. The van der Waals surface area contributed by atoms with E-state index in [0.29, 0.717) is 5.56 Å². The predicted molar refractivity (Wildman–Crippen MR) is 101 cm³/mol. The number of aliphatic hydroxyl groups is 1. The van der Waals surface area contributed by atoms with Crippen LogP contribution in [0.4, 0.5) is 23.2 Å². The van der Waals surface area contributed by atoms with Crippen LogP contribution in [0.5, 0.6) is 0 Å². The second kappa shape index (κ2) is 8.23. The van der Waals surface area contributed by atoms with Crippen LogP contribution in [-0.2, 0) is 22.2 Å². The van der Waals surface area contributed by atoms with Crippen molar-refractivity contribution in [2.45, 2.75) is 24.6 Å². The first-order valence-corrected chi connectivity index (χ1v) is 9.33. The molecule has 2 amide bonds. The molecule has 2 N–H and O–H groups in total. The molecule has 1 aliphatic heterocycles. The van der Waals surface area contributed by atoms with E-state index in [-0.39, 0.29) is 36.6 Å². The molecule has 1 fully saturated rings. The largest absolute Gasteiger partial charge is 0.416 e. The third-order valence-corrected chi connectivity index (χ3v) is 5.02. The monoisotopic (exact) mass is 444 g/mol. The molecule has 5 nitrogen and oxygen atoms in total. The van der Waals surface area contributed by atoms with Gasteiger partial charge >= 0.3 is 6.18 Å². The molecule has 0 spiro atoms. The zero-order chi connectivity index (χ0) is 22.1. The molecule has 0 radical (unpaired) electrons. The highest BCUT2D eigenvalue weighted by molar-refractivity contribution is 6.30. The van der Waals surface area contributed by atoms with E-state index < -0.39 is 35.0 Å². The summed E-state index contributed by atoms with van der Waals surface area (Å²) in [5.41, 5.74) is -2.53. The second-order valence-electron chi connectivity index (χ2n) is 6.90. The molecular weight excluding hydrogens is 428 g/mol. The van der Waals surface area contributed by atoms with Gasteiger partial charge in [0, 0.05) is 30.2 Å². The molecule has 160 valence electrons. The van der Waals surface area contributed by atoms with E-state index in [2.05, 4.69) is 5.32 Å². The second-order valence-corrected chi connectivity index (χ2v) is 7.33. The number of carbonyl (C=O) groups is 2. The van der Waals surface area contributed by atoms with Crippen molar-refractivity contribution >= 4 is 29.1 Å². The third kappa shape index (κ3) is 4.57. The van der Waals surface area contributed by atoms with Crippen molar-refractivity contribution in [3.05, 3.63) is 64.4 Å². The lowest BCUT2D eigenvalue weighted by Gasteiger charge is -2.22. The average molecular weight is 445 g/mol. The van der Waals surface area contributed by atoms with Crippen molar-refractivity contribution in [3.63, 3.8) is 0 Å². The number of nitrogens with one attached hydrogen (secondary N) is 1. The van der Waals surface area contributed by atoms with Gasteiger partial charge in [0.2, 0.25) is 5.60 Å². The van der Waals surface area contributed by atoms with Crippen LogP contribution in [0.1, 0.15) is 17.5 Å². The summed E-state index contributed by atoms with van der Waals surface area (Å²) in [4.78, 5) is 26.1. The Morgan fingerprint density at radius 2 is 1.87 bits per heavy atom. The minimum atomic E-state index is -4.51. The van der Waals surface area contributed by atoms with Crippen molar-refractivity contribution in [2.24, 2.45) is 0 Å². The first-order chi connectivity index (χ1) is 14.0. The van der Waals surface area contributed by atoms with E-state index in [0.717, 1.165) is 35.2 Å². The van der Waals surface area contributed by atoms with Crippen LogP contribution in [0.3, 0.4) is 0 Å². The van der Waals surface area contributed by atoms with Crippen LogP contribution >= 0.6 is 11.6 Å². The van der Waals surface area contributed by atoms with Gasteiger partial charge in [-0.2, -0.15) is 13.2 Å². The molecule has 1 aliphatic rings. The van der Waals surface area contributed by atoms with E-state index in [1.54, 1.807) is 0 Å². The summed E-state index contributed by atoms with van der Waals surface area (Å²) in [6.07, 6.45) is -4.51. The Labute approximate surface area is 174 Å². The fourth-order valence-corrected chi connectivity index (χ4v) is 3.46. The van der Waals surface area contributed by atoms with Crippen LogP contribution < -0.4 is 10.2 Å². The van der Waals surface area contributed by atoms with Gasteiger partial charge < -0.3 is 15.3 Å². The standard InChI is InChI=1S/C20H17ClF4N2O3/c21-14-9-12(10-15(22)11-14)5-7-26-17(28)19(30)6-8-27(18(19)29)16-3-1-13(2-4-16)20(23,24)25/h1-4,9-11,30H,5-8H2,(H,26,28). The highest BCUT2D eigenvalue weighted by atomic mass is 35.5. The lowest BCUT2D eigenvalue weighted by molar-refractivity contribution is -0.149. The zero-order valence-corrected chi connectivity index (χ0v) is 16.2. The molecule has 1 atom stereocenters. The van der Waals surface area contributed by atoms with Gasteiger partial charge in [-0.3, -0.25) is 9.59 Å². The molecule has 1 saturated heterocycles. The van der Waals surface area contributed by atoms with Gasteiger partial charge in [-0.15, -0.1) is 0 Å². The van der Waals surface area contributed by atoms with Gasteiger partial charge in [0.1, 0.15) is 5.82 Å². The Hall–Kier alpha value is -2.65. The Balaban J connectivity index is 1.63. The molecular formula is C20H17ClF4N2O3. The minimum absolute atomic E-state index is 0.0223. The van der Waals surface area contributed by atoms with Crippen molar-refractivity contribution in [1.29, 1.82) is 0 Å². The van der Waals surface area contributed by atoms with Gasteiger partial charge in [-0.25, -0.2) is 4.39 Å². The smallest absolute Gasteiger partial charge is 0.372 e. The number of anilines is 1. The zero-order valence-electron chi connectivity index (χ0n) is 15.5. The molecule has 0 saturated carbocycles. The lowest BCUT2D eigenvalue weighted by atomic mass is 10.0. The summed E-state index contributed by atoms with van der Waals surface area (Å²) in [7, 11) is 0. The Morgan fingerprint density at radius 3 is 2.47 bits per heavy atom. The fraction of sp³-hybridized carbons (Fsp3) is 0.300. The van der Waals surface area contributed by atoms with E-state index in [1.807, 2.05) is 0 Å². The summed E-state index contributed by atoms with van der Waals surface area (Å²) in [6.45, 7) is -0.0118. The highest BCUT2D eigenvalue weighted by Gasteiger charge is 2.51. The summed E-state index contributed by atoms with van der Waals surface area (Å²) < 4.78 is 51.4. The van der Waals surface area contributed by atoms with Crippen molar-refractivity contribution in [2.75, 3.05) is 18.0 Å². The first-order valence-electron chi connectivity index (χ1n) is 8.95. The molecule has 0 aliphatic carbocycles. The van der Waals surface area contributed by atoms with E-state index in [1.165, 1.54) is 12.1 Å². The number of alkyl halides is 3. The van der Waals surface area contributed by atoms with E-state index >= 15 is 0 Å². The van der Waals surface area contributed by atoms with Crippen LogP contribution in [0, 0.1) is 5.82 Å². The van der Waals surface area contributed by atoms with E-state index in [9.17, 15) is 32.3 Å². The Bertz CT molecular complexity index is 945. The van der Waals surface area contributed by atoms with Crippen molar-refractivity contribution in [1.82, 2.24) is 5.32 Å². The molecule has 3 rings (SSSR count). The third-order valence-electron chi connectivity index (χ3n) is 4.80. The summed E-state index contributed by atoms with van der Waals surface area (Å²) in [5.74, 6) is -2.38. The molecule has 2 aromatic rings. The lowest BCUT2D eigenvalue weighted by Crippen LogP contribution is -2.52. The average Bonchev–Trinajstić information content (AvgIpc) is 2.96. The Morgan fingerprint density at radius 1 is 1.20 bits per heavy atom. The normalized spacial score (nSPS) is 19.3. The number of hydrogen-bond donors (Lipinski definition) is 2. The van der Waals surface area contributed by atoms with Gasteiger partial charge in [0.05, 0.1) is 5.56 Å². The Kier molecular flexibility index (Phi) is 6.05. The predicted octanol–water partition coefficient (Wildman–Crippen LogP) is 3.32. The number of amides is 2. The summed E-state index contributed by atoms with van der Waals surface area (Å²) in [6, 6.07) is 7.78. The molecule has 1 unspecified atom stereocenters. The molecule has 1 heterocycles. The first kappa shape index (κ1) is 22.0. The molecule has 0 bridgehead atoms. The van der Waals surface area contributed by atoms with Crippen LogP contribution in [0.2, 0.25) is 5.02 Å².